The summed E-state index contributed by atoms with van der Waals surface area (Å²) < 4.78 is 0. The highest BCUT2D eigenvalue weighted by Crippen LogP contribution is 2.33. The Bertz CT molecular complexity index is 183. The van der Waals surface area contributed by atoms with Crippen LogP contribution in [-0.2, 0) is 0 Å². The molecule has 2 fully saturated rings. The zero-order valence-corrected chi connectivity index (χ0v) is 7.50. The van der Waals surface area contributed by atoms with Crippen LogP contribution >= 0.6 is 0 Å². The van der Waals surface area contributed by atoms with Crippen LogP contribution in [0.4, 0.5) is 0 Å². The molecule has 12 heavy (non-hydrogen) atoms. The quantitative estimate of drug-likeness (QED) is 0.551. The van der Waals surface area contributed by atoms with Gasteiger partial charge in [-0.15, -0.1) is 0 Å². The molecule has 2 aliphatic rings. The Kier molecular flexibility index (Phi) is 2.32. The first-order valence-electron chi connectivity index (χ1n) is 4.98. The second-order valence-electron chi connectivity index (χ2n) is 4.25. The van der Waals surface area contributed by atoms with Crippen molar-refractivity contribution in [2.45, 2.75) is 25.7 Å². The summed E-state index contributed by atoms with van der Waals surface area (Å²) in [6.45, 7) is 3.01. The van der Waals surface area contributed by atoms with Gasteiger partial charge in [0.1, 0.15) is 0 Å². The van der Waals surface area contributed by atoms with Crippen LogP contribution in [0.25, 0.3) is 0 Å². The van der Waals surface area contributed by atoms with E-state index in [-0.39, 0.29) is 0 Å². The Morgan fingerprint density at radius 1 is 1.25 bits per heavy atom. The molecule has 0 aromatic rings. The lowest BCUT2D eigenvalue weighted by Crippen LogP contribution is -2.42. The maximum absolute atomic E-state index is 8.59. The van der Waals surface area contributed by atoms with Gasteiger partial charge in [0.15, 0.2) is 0 Å². The summed E-state index contributed by atoms with van der Waals surface area (Å²) in [7, 11) is 0. The van der Waals surface area contributed by atoms with Crippen LogP contribution in [0.15, 0.2) is 0 Å². The zero-order chi connectivity index (χ0) is 8.39. The normalized spacial score (nSPS) is 35.9. The van der Waals surface area contributed by atoms with Crippen molar-refractivity contribution in [3.05, 3.63) is 0 Å². The van der Waals surface area contributed by atoms with Crippen molar-refractivity contribution < 1.29 is 0 Å². The van der Waals surface area contributed by atoms with Gasteiger partial charge in [-0.25, -0.2) is 0 Å². The SMILES string of the molecule is N#CCN1CC2CCCC(C2)C1. The summed E-state index contributed by atoms with van der Waals surface area (Å²) in [5.74, 6) is 1.82. The number of fused-ring (bicyclic) bond motifs is 2. The number of piperidine rings is 1. The van der Waals surface area contributed by atoms with E-state index in [1.807, 2.05) is 0 Å². The van der Waals surface area contributed by atoms with E-state index in [2.05, 4.69) is 11.0 Å². The van der Waals surface area contributed by atoms with Crippen molar-refractivity contribution in [2.24, 2.45) is 11.8 Å². The van der Waals surface area contributed by atoms with Crippen LogP contribution in [0.3, 0.4) is 0 Å². The lowest BCUT2D eigenvalue weighted by molar-refractivity contribution is 0.0968. The smallest absolute Gasteiger partial charge is 0.0866 e. The minimum absolute atomic E-state index is 0.646. The standard InChI is InChI=1S/C10H16N2/c11-4-5-12-7-9-2-1-3-10(6-9)8-12/h9-10H,1-3,5-8H2. The molecule has 1 heterocycles. The molecule has 0 aromatic carbocycles. The van der Waals surface area contributed by atoms with Crippen molar-refractivity contribution in [1.29, 1.82) is 5.26 Å². The van der Waals surface area contributed by atoms with Crippen molar-refractivity contribution >= 4 is 0 Å². The largest absolute Gasteiger partial charge is 0.290 e. The molecule has 2 unspecified atom stereocenters. The lowest BCUT2D eigenvalue weighted by Gasteiger charge is -2.40. The van der Waals surface area contributed by atoms with E-state index < -0.39 is 0 Å². The fourth-order valence-corrected chi connectivity index (χ4v) is 2.77. The Morgan fingerprint density at radius 3 is 2.50 bits per heavy atom. The molecule has 0 N–H and O–H groups in total. The molecule has 2 nitrogen and oxygen atoms in total. The van der Waals surface area contributed by atoms with Gasteiger partial charge in [-0.05, 0) is 31.1 Å². The fraction of sp³-hybridized carbons (Fsp3) is 0.900. The highest BCUT2D eigenvalue weighted by molar-refractivity contribution is 4.87. The molecular weight excluding hydrogens is 148 g/mol. The van der Waals surface area contributed by atoms with Crippen molar-refractivity contribution in [2.75, 3.05) is 19.6 Å². The van der Waals surface area contributed by atoms with Gasteiger partial charge in [0.25, 0.3) is 0 Å². The van der Waals surface area contributed by atoms with Gasteiger partial charge in [0, 0.05) is 13.1 Å². The van der Waals surface area contributed by atoms with Gasteiger partial charge in [0.2, 0.25) is 0 Å². The zero-order valence-electron chi connectivity index (χ0n) is 7.50. The predicted octanol–water partition coefficient (Wildman–Crippen LogP) is 1.63. The molecule has 0 radical (unpaired) electrons. The molecule has 1 aliphatic heterocycles. The first-order chi connectivity index (χ1) is 5.88. The topological polar surface area (TPSA) is 27.0 Å². The fourth-order valence-electron chi connectivity index (χ4n) is 2.77. The average molecular weight is 164 g/mol. The van der Waals surface area contributed by atoms with Gasteiger partial charge >= 0.3 is 0 Å². The number of nitriles is 1. The van der Waals surface area contributed by atoms with Crippen molar-refractivity contribution in [3.63, 3.8) is 0 Å². The number of hydrogen-bond donors (Lipinski definition) is 0. The van der Waals surface area contributed by atoms with E-state index in [9.17, 15) is 0 Å². The molecular formula is C10H16N2. The van der Waals surface area contributed by atoms with E-state index >= 15 is 0 Å². The van der Waals surface area contributed by atoms with E-state index in [0.29, 0.717) is 6.54 Å². The van der Waals surface area contributed by atoms with Crippen molar-refractivity contribution in [1.82, 2.24) is 4.90 Å². The molecule has 1 aliphatic carbocycles. The van der Waals surface area contributed by atoms with Crippen LogP contribution < -0.4 is 0 Å². The third-order valence-electron chi connectivity index (χ3n) is 3.22. The van der Waals surface area contributed by atoms with E-state index in [1.54, 1.807) is 0 Å². The second-order valence-corrected chi connectivity index (χ2v) is 4.25. The summed E-state index contributed by atoms with van der Waals surface area (Å²) in [5, 5.41) is 8.59. The molecule has 66 valence electrons. The average Bonchev–Trinajstić information content (AvgIpc) is 2.04. The number of nitrogens with zero attached hydrogens (tertiary/aromatic N) is 2. The molecule has 0 amide bonds. The van der Waals surface area contributed by atoms with Gasteiger partial charge in [-0.3, -0.25) is 4.90 Å². The van der Waals surface area contributed by atoms with Gasteiger partial charge in [0.05, 0.1) is 12.6 Å². The van der Waals surface area contributed by atoms with E-state index in [1.165, 1.54) is 38.8 Å². The Hall–Kier alpha value is -0.550. The molecule has 0 spiro atoms. The Labute approximate surface area is 74.2 Å². The third kappa shape index (κ3) is 1.61. The summed E-state index contributed by atoms with van der Waals surface area (Å²) in [4.78, 5) is 2.33. The summed E-state index contributed by atoms with van der Waals surface area (Å²) >= 11 is 0. The molecule has 2 atom stereocenters. The molecule has 2 rings (SSSR count). The Balaban J connectivity index is 1.92. The molecule has 0 aromatic heterocycles. The first kappa shape index (κ1) is 8.07. The lowest BCUT2D eigenvalue weighted by atomic mass is 9.78. The van der Waals surface area contributed by atoms with Crippen LogP contribution in [-0.4, -0.2) is 24.5 Å². The molecule has 1 saturated heterocycles. The Morgan fingerprint density at radius 2 is 1.92 bits per heavy atom. The molecule has 2 bridgehead atoms. The second kappa shape index (κ2) is 3.45. The predicted molar refractivity (Wildman–Crippen MR) is 47.5 cm³/mol. The summed E-state index contributed by atoms with van der Waals surface area (Å²) in [6, 6.07) is 2.25. The maximum atomic E-state index is 8.59. The van der Waals surface area contributed by atoms with E-state index in [4.69, 9.17) is 5.26 Å². The minimum Gasteiger partial charge on any atom is -0.290 e. The van der Waals surface area contributed by atoms with Crippen LogP contribution in [0, 0.1) is 23.2 Å². The summed E-state index contributed by atoms with van der Waals surface area (Å²) in [5.41, 5.74) is 0. The van der Waals surface area contributed by atoms with E-state index in [0.717, 1.165) is 11.8 Å². The van der Waals surface area contributed by atoms with Crippen LogP contribution in [0.1, 0.15) is 25.7 Å². The van der Waals surface area contributed by atoms with Gasteiger partial charge in [-0.1, -0.05) is 6.42 Å². The van der Waals surface area contributed by atoms with Crippen LogP contribution in [0.2, 0.25) is 0 Å². The van der Waals surface area contributed by atoms with Gasteiger partial charge < -0.3 is 0 Å². The summed E-state index contributed by atoms with van der Waals surface area (Å²) in [6.07, 6.45) is 5.66. The molecule has 2 heteroatoms. The van der Waals surface area contributed by atoms with Crippen molar-refractivity contribution in [3.8, 4) is 6.07 Å². The molecule has 1 saturated carbocycles. The van der Waals surface area contributed by atoms with Gasteiger partial charge in [-0.2, -0.15) is 5.26 Å². The minimum atomic E-state index is 0.646. The first-order valence-corrected chi connectivity index (χ1v) is 4.98. The highest BCUT2D eigenvalue weighted by Gasteiger charge is 2.29. The highest BCUT2D eigenvalue weighted by atomic mass is 15.1. The van der Waals surface area contributed by atoms with Crippen LogP contribution in [0.5, 0.6) is 0 Å². The third-order valence-corrected chi connectivity index (χ3v) is 3.22. The number of rotatable bonds is 1. The monoisotopic (exact) mass is 164 g/mol. The number of hydrogen-bond acceptors (Lipinski definition) is 2. The maximum Gasteiger partial charge on any atom is 0.0866 e. The number of likely N-dealkylation sites (tertiary alicyclic amines) is 1.